The third kappa shape index (κ3) is 3.19. The summed E-state index contributed by atoms with van der Waals surface area (Å²) in [7, 11) is 0. The molecule has 1 aliphatic heterocycles. The van der Waals surface area contributed by atoms with Gasteiger partial charge >= 0.3 is 5.97 Å². The zero-order valence-corrected chi connectivity index (χ0v) is 11.7. The molecule has 0 saturated carbocycles. The standard InChI is InChI=1S/C14H19NO5/c1-9-7-10(2)20-13(9)14(18)15(8-12(16)17)11-3-5-19-6-4-11/h7,11H,3-6,8H2,1-2H3,(H,16,17). The first-order valence-corrected chi connectivity index (χ1v) is 6.66. The summed E-state index contributed by atoms with van der Waals surface area (Å²) in [5, 5.41) is 9.03. The second-order valence-corrected chi connectivity index (χ2v) is 5.04. The molecule has 1 N–H and O–H groups in total. The van der Waals surface area contributed by atoms with Gasteiger partial charge in [0, 0.05) is 24.8 Å². The summed E-state index contributed by atoms with van der Waals surface area (Å²) in [5.74, 6) is -0.501. The average molecular weight is 281 g/mol. The molecule has 1 aromatic rings. The summed E-state index contributed by atoms with van der Waals surface area (Å²) >= 11 is 0. The van der Waals surface area contributed by atoms with Crippen LogP contribution in [0.4, 0.5) is 0 Å². The van der Waals surface area contributed by atoms with Gasteiger partial charge in [0.05, 0.1) is 0 Å². The van der Waals surface area contributed by atoms with Gasteiger partial charge in [-0.3, -0.25) is 9.59 Å². The molecule has 1 fully saturated rings. The second kappa shape index (κ2) is 6.09. The lowest BCUT2D eigenvalue weighted by atomic mass is 10.1. The van der Waals surface area contributed by atoms with E-state index in [1.165, 1.54) is 4.90 Å². The molecule has 0 atom stereocenters. The van der Waals surface area contributed by atoms with Gasteiger partial charge in [0.15, 0.2) is 5.76 Å². The number of aliphatic carboxylic acids is 1. The first-order valence-electron chi connectivity index (χ1n) is 6.66. The van der Waals surface area contributed by atoms with Gasteiger partial charge in [-0.2, -0.15) is 0 Å². The van der Waals surface area contributed by atoms with Crippen LogP contribution in [0.15, 0.2) is 10.5 Å². The van der Waals surface area contributed by atoms with E-state index >= 15 is 0 Å². The van der Waals surface area contributed by atoms with Gasteiger partial charge in [-0.1, -0.05) is 0 Å². The van der Waals surface area contributed by atoms with Crippen LogP contribution in [0.3, 0.4) is 0 Å². The number of carboxylic acids is 1. The van der Waals surface area contributed by atoms with Gasteiger partial charge in [0.25, 0.3) is 5.91 Å². The maximum absolute atomic E-state index is 12.5. The molecule has 110 valence electrons. The Kier molecular flexibility index (Phi) is 4.44. The summed E-state index contributed by atoms with van der Waals surface area (Å²) in [6.07, 6.45) is 1.30. The second-order valence-electron chi connectivity index (χ2n) is 5.04. The zero-order valence-electron chi connectivity index (χ0n) is 11.7. The minimum atomic E-state index is -1.02. The Morgan fingerprint density at radius 3 is 2.50 bits per heavy atom. The number of aryl methyl sites for hydroxylation is 2. The molecule has 0 aromatic carbocycles. The van der Waals surface area contributed by atoms with Crippen molar-refractivity contribution >= 4 is 11.9 Å². The summed E-state index contributed by atoms with van der Waals surface area (Å²) < 4.78 is 10.7. The number of furan rings is 1. The molecule has 0 aliphatic carbocycles. The Bertz CT molecular complexity index is 502. The molecule has 1 saturated heterocycles. The first kappa shape index (κ1) is 14.6. The van der Waals surface area contributed by atoms with Gasteiger partial charge in [0.2, 0.25) is 0 Å². The van der Waals surface area contributed by atoms with Crippen LogP contribution in [0.2, 0.25) is 0 Å². The lowest BCUT2D eigenvalue weighted by molar-refractivity contribution is -0.138. The molecule has 6 nitrogen and oxygen atoms in total. The predicted molar refractivity (Wildman–Crippen MR) is 70.7 cm³/mol. The average Bonchev–Trinajstić information content (AvgIpc) is 2.75. The van der Waals surface area contributed by atoms with Crippen LogP contribution in [0.1, 0.15) is 34.7 Å². The summed E-state index contributed by atoms with van der Waals surface area (Å²) in [6.45, 7) is 4.32. The molecule has 20 heavy (non-hydrogen) atoms. The van der Waals surface area contributed by atoms with Gasteiger partial charge in [-0.25, -0.2) is 0 Å². The molecule has 0 bridgehead atoms. The number of carboxylic acid groups (broad SMARTS) is 1. The van der Waals surface area contributed by atoms with E-state index in [2.05, 4.69) is 0 Å². The van der Waals surface area contributed by atoms with Crippen molar-refractivity contribution in [2.24, 2.45) is 0 Å². The number of hydrogen-bond acceptors (Lipinski definition) is 4. The molecule has 2 rings (SSSR count). The third-order valence-electron chi connectivity index (χ3n) is 3.43. The Morgan fingerprint density at radius 2 is 2.00 bits per heavy atom. The molecule has 1 aromatic heterocycles. The molecule has 2 heterocycles. The number of amides is 1. The number of ether oxygens (including phenoxy) is 1. The van der Waals surface area contributed by atoms with Crippen LogP contribution in [-0.4, -0.2) is 47.7 Å². The van der Waals surface area contributed by atoms with Crippen molar-refractivity contribution in [1.82, 2.24) is 4.90 Å². The molecule has 6 heteroatoms. The Morgan fingerprint density at radius 1 is 1.35 bits per heavy atom. The highest BCUT2D eigenvalue weighted by atomic mass is 16.5. The van der Waals surface area contributed by atoms with E-state index in [1.54, 1.807) is 19.9 Å². The number of nitrogens with zero attached hydrogens (tertiary/aromatic N) is 1. The van der Waals surface area contributed by atoms with Crippen molar-refractivity contribution in [1.29, 1.82) is 0 Å². The van der Waals surface area contributed by atoms with Crippen molar-refractivity contribution in [2.45, 2.75) is 32.7 Å². The highest BCUT2D eigenvalue weighted by Crippen LogP contribution is 2.21. The van der Waals surface area contributed by atoms with Gasteiger partial charge in [0.1, 0.15) is 12.3 Å². The summed E-state index contributed by atoms with van der Waals surface area (Å²) in [6, 6.07) is 1.66. The van der Waals surface area contributed by atoms with E-state index in [0.29, 0.717) is 31.8 Å². The Balaban J connectivity index is 2.23. The number of carbonyl (C=O) groups is 2. The molecule has 0 spiro atoms. The molecule has 1 aliphatic rings. The number of carbonyl (C=O) groups excluding carboxylic acids is 1. The SMILES string of the molecule is Cc1cc(C)c(C(=O)N(CC(=O)O)C2CCOCC2)o1. The fourth-order valence-electron chi connectivity index (χ4n) is 2.49. The summed E-state index contributed by atoms with van der Waals surface area (Å²) in [5.41, 5.74) is 0.731. The van der Waals surface area contributed by atoms with Crippen molar-refractivity contribution in [2.75, 3.05) is 19.8 Å². The van der Waals surface area contributed by atoms with E-state index in [1.807, 2.05) is 0 Å². The maximum Gasteiger partial charge on any atom is 0.323 e. The number of hydrogen-bond donors (Lipinski definition) is 1. The van der Waals surface area contributed by atoms with Crippen LogP contribution in [-0.2, 0) is 9.53 Å². The van der Waals surface area contributed by atoms with Crippen LogP contribution in [0, 0.1) is 13.8 Å². The molecule has 0 unspecified atom stereocenters. The number of rotatable bonds is 4. The van der Waals surface area contributed by atoms with E-state index in [-0.39, 0.29) is 24.3 Å². The van der Waals surface area contributed by atoms with Crippen LogP contribution in [0.5, 0.6) is 0 Å². The fraction of sp³-hybridized carbons (Fsp3) is 0.571. The molecular formula is C14H19NO5. The highest BCUT2D eigenvalue weighted by molar-refractivity contribution is 5.95. The van der Waals surface area contributed by atoms with E-state index in [0.717, 1.165) is 5.56 Å². The van der Waals surface area contributed by atoms with Crippen molar-refractivity contribution < 1.29 is 23.8 Å². The quantitative estimate of drug-likeness (QED) is 0.906. The smallest absolute Gasteiger partial charge is 0.323 e. The topological polar surface area (TPSA) is 80.0 Å². The van der Waals surface area contributed by atoms with Gasteiger partial charge < -0.3 is 19.2 Å². The molecule has 1 amide bonds. The van der Waals surface area contributed by atoms with E-state index in [9.17, 15) is 9.59 Å². The Hall–Kier alpha value is -1.82. The molecule has 0 radical (unpaired) electrons. The normalized spacial score (nSPS) is 16.1. The predicted octanol–water partition coefficient (Wildman–Crippen LogP) is 1.60. The van der Waals surface area contributed by atoms with Gasteiger partial charge in [-0.15, -0.1) is 0 Å². The summed E-state index contributed by atoms with van der Waals surface area (Å²) in [4.78, 5) is 24.9. The zero-order chi connectivity index (χ0) is 14.7. The maximum atomic E-state index is 12.5. The first-order chi connectivity index (χ1) is 9.49. The van der Waals surface area contributed by atoms with Crippen LogP contribution < -0.4 is 0 Å². The van der Waals surface area contributed by atoms with Crippen LogP contribution >= 0.6 is 0 Å². The lowest BCUT2D eigenvalue weighted by Crippen LogP contribution is -2.46. The monoisotopic (exact) mass is 281 g/mol. The molecular weight excluding hydrogens is 262 g/mol. The Labute approximate surface area is 117 Å². The van der Waals surface area contributed by atoms with Gasteiger partial charge in [-0.05, 0) is 32.8 Å². The van der Waals surface area contributed by atoms with Crippen molar-refractivity contribution in [3.05, 3.63) is 23.2 Å². The van der Waals surface area contributed by atoms with E-state index < -0.39 is 5.97 Å². The highest BCUT2D eigenvalue weighted by Gasteiger charge is 2.30. The largest absolute Gasteiger partial charge is 0.480 e. The van der Waals surface area contributed by atoms with Crippen molar-refractivity contribution in [3.63, 3.8) is 0 Å². The fourth-order valence-corrected chi connectivity index (χ4v) is 2.49. The third-order valence-corrected chi connectivity index (χ3v) is 3.43. The minimum Gasteiger partial charge on any atom is -0.480 e. The minimum absolute atomic E-state index is 0.114. The lowest BCUT2D eigenvalue weighted by Gasteiger charge is -2.32. The van der Waals surface area contributed by atoms with E-state index in [4.69, 9.17) is 14.3 Å². The van der Waals surface area contributed by atoms with Crippen molar-refractivity contribution in [3.8, 4) is 0 Å². The van der Waals surface area contributed by atoms with Crippen LogP contribution in [0.25, 0.3) is 0 Å².